The molecule has 2 atom stereocenters. The highest BCUT2D eigenvalue weighted by molar-refractivity contribution is 8.01. The molecule has 1 aliphatic heterocycles. The summed E-state index contributed by atoms with van der Waals surface area (Å²) in [6.45, 7) is 4.32. The van der Waals surface area contributed by atoms with Crippen molar-refractivity contribution < 1.29 is 8.42 Å². The number of nitrogens with one attached hydrogen (secondary N) is 1. The predicted octanol–water partition coefficient (Wildman–Crippen LogP) is 1.26. The smallest absolute Gasteiger partial charge is 0.221 e. The van der Waals surface area contributed by atoms with Gasteiger partial charge in [0.05, 0.1) is 4.99 Å². The van der Waals surface area contributed by atoms with Gasteiger partial charge in [0.25, 0.3) is 0 Å². The van der Waals surface area contributed by atoms with E-state index in [-0.39, 0.29) is 9.74 Å². The van der Waals surface area contributed by atoms with Gasteiger partial charge < -0.3 is 5.73 Å². The summed E-state index contributed by atoms with van der Waals surface area (Å²) in [5.41, 5.74) is 5.46. The Morgan fingerprint density at radius 1 is 1.65 bits per heavy atom. The fraction of sp³-hybridized carbons (Fsp3) is 0.900. The Bertz CT molecular complexity index is 375. The lowest BCUT2D eigenvalue weighted by Crippen LogP contribution is -2.45. The van der Waals surface area contributed by atoms with Crippen molar-refractivity contribution in [1.82, 2.24) is 4.72 Å². The third-order valence-electron chi connectivity index (χ3n) is 3.01. The number of rotatable bonds is 6. The van der Waals surface area contributed by atoms with E-state index in [9.17, 15) is 8.42 Å². The standard InChI is InChI=1S/C10H20N2O2S3/c1-3-8(9(11)15)17(13,14)12-7-10(2)5-4-6-16-10/h8,12H,3-7H2,1-2H3,(H2,11,15). The molecule has 0 aromatic heterocycles. The lowest BCUT2D eigenvalue weighted by Gasteiger charge is -2.24. The molecule has 1 saturated heterocycles. The van der Waals surface area contributed by atoms with Gasteiger partial charge in [0, 0.05) is 11.3 Å². The molecule has 0 aliphatic carbocycles. The summed E-state index contributed by atoms with van der Waals surface area (Å²) < 4.78 is 26.7. The van der Waals surface area contributed by atoms with Gasteiger partial charge in [-0.05, 0) is 31.9 Å². The number of sulfonamides is 1. The molecule has 0 aromatic carbocycles. The van der Waals surface area contributed by atoms with Gasteiger partial charge in [-0.15, -0.1) is 0 Å². The third-order valence-corrected chi connectivity index (χ3v) is 6.87. The Hall–Kier alpha value is 0.150. The van der Waals surface area contributed by atoms with Crippen molar-refractivity contribution in [3.8, 4) is 0 Å². The molecule has 1 aliphatic rings. The minimum atomic E-state index is -3.43. The lowest BCUT2D eigenvalue weighted by atomic mass is 10.1. The van der Waals surface area contributed by atoms with E-state index in [0.29, 0.717) is 13.0 Å². The zero-order chi connectivity index (χ0) is 13.1. The van der Waals surface area contributed by atoms with Crippen LogP contribution in [0.25, 0.3) is 0 Å². The zero-order valence-corrected chi connectivity index (χ0v) is 12.7. The highest BCUT2D eigenvalue weighted by Crippen LogP contribution is 2.37. The first-order valence-electron chi connectivity index (χ1n) is 5.72. The van der Waals surface area contributed by atoms with Crippen LogP contribution >= 0.6 is 24.0 Å². The highest BCUT2D eigenvalue weighted by Gasteiger charge is 2.33. The van der Waals surface area contributed by atoms with E-state index in [1.807, 2.05) is 11.8 Å². The molecule has 1 rings (SSSR count). The minimum Gasteiger partial charge on any atom is -0.392 e. The maximum Gasteiger partial charge on any atom is 0.221 e. The topological polar surface area (TPSA) is 72.2 Å². The van der Waals surface area contributed by atoms with Gasteiger partial charge in [-0.3, -0.25) is 0 Å². The van der Waals surface area contributed by atoms with Crippen molar-refractivity contribution >= 4 is 39.0 Å². The van der Waals surface area contributed by atoms with Crippen LogP contribution in [0.1, 0.15) is 33.1 Å². The van der Waals surface area contributed by atoms with Gasteiger partial charge in [-0.1, -0.05) is 19.1 Å². The largest absolute Gasteiger partial charge is 0.392 e. The first-order chi connectivity index (χ1) is 7.81. The second-order valence-electron chi connectivity index (χ2n) is 4.57. The number of thioether (sulfide) groups is 1. The van der Waals surface area contributed by atoms with Crippen molar-refractivity contribution in [1.29, 1.82) is 0 Å². The molecule has 0 amide bonds. The molecule has 100 valence electrons. The van der Waals surface area contributed by atoms with Crippen LogP contribution in [-0.2, 0) is 10.0 Å². The van der Waals surface area contributed by atoms with Gasteiger partial charge in [0.1, 0.15) is 5.25 Å². The van der Waals surface area contributed by atoms with E-state index in [4.69, 9.17) is 18.0 Å². The van der Waals surface area contributed by atoms with E-state index in [0.717, 1.165) is 18.6 Å². The number of nitrogens with two attached hydrogens (primary N) is 1. The quantitative estimate of drug-likeness (QED) is 0.722. The van der Waals surface area contributed by atoms with Crippen LogP contribution < -0.4 is 10.5 Å². The molecule has 17 heavy (non-hydrogen) atoms. The molecule has 1 heterocycles. The molecule has 0 aromatic rings. The van der Waals surface area contributed by atoms with Crippen LogP contribution in [0, 0.1) is 0 Å². The van der Waals surface area contributed by atoms with E-state index < -0.39 is 15.3 Å². The maximum atomic E-state index is 12.0. The Kier molecular flexibility index (Phi) is 5.24. The van der Waals surface area contributed by atoms with E-state index >= 15 is 0 Å². The summed E-state index contributed by atoms with van der Waals surface area (Å²) in [6.07, 6.45) is 2.61. The molecule has 2 unspecified atom stereocenters. The molecule has 4 nitrogen and oxygen atoms in total. The molecule has 0 bridgehead atoms. The van der Waals surface area contributed by atoms with Gasteiger partial charge in [-0.25, -0.2) is 13.1 Å². The Balaban J connectivity index is 2.63. The molecule has 3 N–H and O–H groups in total. The Morgan fingerprint density at radius 3 is 2.71 bits per heavy atom. The summed E-state index contributed by atoms with van der Waals surface area (Å²) in [6, 6.07) is 0. The summed E-state index contributed by atoms with van der Waals surface area (Å²) >= 11 is 6.62. The fourth-order valence-electron chi connectivity index (χ4n) is 1.90. The maximum absolute atomic E-state index is 12.0. The molecular weight excluding hydrogens is 276 g/mol. The molecular formula is C10H20N2O2S3. The Labute approximate surface area is 113 Å². The van der Waals surface area contributed by atoms with Crippen LogP contribution in [0.5, 0.6) is 0 Å². The highest BCUT2D eigenvalue weighted by atomic mass is 32.2. The van der Waals surface area contributed by atoms with Crippen LogP contribution in [0.4, 0.5) is 0 Å². The van der Waals surface area contributed by atoms with E-state index in [2.05, 4.69) is 11.6 Å². The second-order valence-corrected chi connectivity index (χ2v) is 8.67. The van der Waals surface area contributed by atoms with Crippen LogP contribution in [-0.4, -0.2) is 35.7 Å². The number of hydrogen-bond acceptors (Lipinski definition) is 4. The first-order valence-corrected chi connectivity index (χ1v) is 8.66. The lowest BCUT2D eigenvalue weighted by molar-refractivity contribution is 0.547. The SMILES string of the molecule is CCC(C(N)=S)S(=O)(=O)NCC1(C)CCCS1. The second kappa shape index (κ2) is 5.86. The average Bonchev–Trinajstić information content (AvgIpc) is 2.63. The Morgan fingerprint density at radius 2 is 2.29 bits per heavy atom. The van der Waals surface area contributed by atoms with Crippen LogP contribution in [0.15, 0.2) is 0 Å². The summed E-state index contributed by atoms with van der Waals surface area (Å²) in [7, 11) is -3.43. The van der Waals surface area contributed by atoms with Crippen molar-refractivity contribution in [2.24, 2.45) is 5.73 Å². The first kappa shape index (κ1) is 15.2. The summed E-state index contributed by atoms with van der Waals surface area (Å²) in [5.74, 6) is 1.10. The summed E-state index contributed by atoms with van der Waals surface area (Å²) in [5, 5.41) is -0.757. The normalized spacial score (nSPS) is 26.9. The molecule has 0 spiro atoms. The van der Waals surface area contributed by atoms with Gasteiger partial charge in [-0.2, -0.15) is 11.8 Å². The average molecular weight is 296 g/mol. The van der Waals surface area contributed by atoms with Gasteiger partial charge in [0.2, 0.25) is 10.0 Å². The molecule has 0 radical (unpaired) electrons. The number of thiocarbonyl (C=S) groups is 1. The van der Waals surface area contributed by atoms with Crippen molar-refractivity contribution in [3.05, 3.63) is 0 Å². The molecule has 1 fully saturated rings. The van der Waals surface area contributed by atoms with Crippen LogP contribution in [0.2, 0.25) is 0 Å². The third kappa shape index (κ3) is 4.08. The van der Waals surface area contributed by atoms with E-state index in [1.165, 1.54) is 0 Å². The van der Waals surface area contributed by atoms with Crippen molar-refractivity contribution in [3.63, 3.8) is 0 Å². The van der Waals surface area contributed by atoms with Crippen molar-refractivity contribution in [2.45, 2.75) is 43.1 Å². The van der Waals surface area contributed by atoms with Crippen molar-refractivity contribution in [2.75, 3.05) is 12.3 Å². The molecule has 0 saturated carbocycles. The van der Waals surface area contributed by atoms with E-state index in [1.54, 1.807) is 6.92 Å². The molecule has 7 heteroatoms. The fourth-order valence-corrected chi connectivity index (χ4v) is 5.25. The predicted molar refractivity (Wildman–Crippen MR) is 77.9 cm³/mol. The van der Waals surface area contributed by atoms with Gasteiger partial charge >= 0.3 is 0 Å². The zero-order valence-electron chi connectivity index (χ0n) is 10.2. The minimum absolute atomic E-state index is 0.0155. The monoisotopic (exact) mass is 296 g/mol. The summed E-state index contributed by atoms with van der Waals surface area (Å²) in [4.78, 5) is 0.0456. The van der Waals surface area contributed by atoms with Crippen LogP contribution in [0.3, 0.4) is 0 Å². The van der Waals surface area contributed by atoms with Gasteiger partial charge in [0.15, 0.2) is 0 Å². The number of hydrogen-bond donors (Lipinski definition) is 2.